The van der Waals surface area contributed by atoms with Gasteiger partial charge >= 0.3 is 0 Å². The lowest BCUT2D eigenvalue weighted by Gasteiger charge is -2.24. The Morgan fingerprint density at radius 2 is 1.32 bits per heavy atom. The van der Waals surface area contributed by atoms with Crippen LogP contribution in [0.25, 0.3) is 33.2 Å². The number of hydrogen-bond acceptors (Lipinski definition) is 0. The number of fused-ring (bicyclic) bond motifs is 1. The lowest BCUT2D eigenvalue weighted by atomic mass is 9.80. The molecule has 4 aromatic rings. The molecular weight excluding hydrogens is 410 g/mol. The Morgan fingerprint density at radius 3 is 1.91 bits per heavy atom. The van der Waals surface area contributed by atoms with Crippen LogP contribution in [-0.2, 0) is 7.05 Å². The van der Waals surface area contributed by atoms with Gasteiger partial charge in [-0.1, -0.05) is 77.9 Å². The summed E-state index contributed by atoms with van der Waals surface area (Å²) in [6.07, 6.45) is 2.19. The number of hydrogen-bond donors (Lipinski definition) is 0. The second-order valence-electron chi connectivity index (χ2n) is 10.9. The van der Waals surface area contributed by atoms with Gasteiger partial charge in [0.15, 0.2) is 6.20 Å². The van der Waals surface area contributed by atoms with E-state index in [4.69, 9.17) is 0 Å². The maximum absolute atomic E-state index is 2.46. The van der Waals surface area contributed by atoms with Crippen LogP contribution in [0.3, 0.4) is 0 Å². The molecular formula is C33H40N+. The monoisotopic (exact) mass is 450 g/mol. The van der Waals surface area contributed by atoms with E-state index < -0.39 is 0 Å². The van der Waals surface area contributed by atoms with Gasteiger partial charge in [0.1, 0.15) is 7.05 Å². The van der Waals surface area contributed by atoms with Gasteiger partial charge in [-0.2, -0.15) is 0 Å². The van der Waals surface area contributed by atoms with Crippen LogP contribution in [0.2, 0.25) is 0 Å². The number of benzene rings is 3. The van der Waals surface area contributed by atoms with Crippen molar-refractivity contribution in [2.24, 2.45) is 7.05 Å². The fourth-order valence-electron chi connectivity index (χ4n) is 5.19. The largest absolute Gasteiger partial charge is 0.220 e. The van der Waals surface area contributed by atoms with E-state index in [2.05, 4.69) is 128 Å². The molecule has 34 heavy (non-hydrogen) atoms. The third-order valence-electron chi connectivity index (χ3n) is 7.39. The van der Waals surface area contributed by atoms with Gasteiger partial charge in [-0.3, -0.25) is 0 Å². The van der Waals surface area contributed by atoms with E-state index in [0.717, 1.165) is 0 Å². The van der Waals surface area contributed by atoms with Crippen LogP contribution in [0.15, 0.2) is 60.8 Å². The first-order chi connectivity index (χ1) is 16.1. The first kappa shape index (κ1) is 24.2. The predicted molar refractivity (Wildman–Crippen MR) is 148 cm³/mol. The molecule has 1 nitrogen and oxygen atoms in total. The van der Waals surface area contributed by atoms with Crippen LogP contribution in [0.4, 0.5) is 0 Å². The van der Waals surface area contributed by atoms with E-state index in [1.807, 2.05) is 0 Å². The van der Waals surface area contributed by atoms with Gasteiger partial charge in [0, 0.05) is 6.07 Å². The van der Waals surface area contributed by atoms with E-state index in [0.29, 0.717) is 17.8 Å². The molecule has 176 valence electrons. The molecule has 0 radical (unpaired) electrons. The Morgan fingerprint density at radius 1 is 0.706 bits per heavy atom. The van der Waals surface area contributed by atoms with Gasteiger partial charge < -0.3 is 0 Å². The molecule has 0 fully saturated rings. The molecule has 0 amide bonds. The first-order valence-corrected chi connectivity index (χ1v) is 12.8. The zero-order chi connectivity index (χ0) is 24.7. The molecule has 1 aromatic heterocycles. The molecule has 0 unspecified atom stereocenters. The minimum absolute atomic E-state index is 0.463. The van der Waals surface area contributed by atoms with Gasteiger partial charge in [-0.25, -0.2) is 4.57 Å². The molecule has 0 aliphatic carbocycles. The summed E-state index contributed by atoms with van der Waals surface area (Å²) in [6, 6.07) is 20.7. The molecule has 0 N–H and O–H groups in total. The molecule has 1 heterocycles. The summed E-state index contributed by atoms with van der Waals surface area (Å²) >= 11 is 0. The second kappa shape index (κ2) is 9.37. The smallest absolute Gasteiger partial charge is 0.200 e. The fourth-order valence-corrected chi connectivity index (χ4v) is 5.19. The summed E-state index contributed by atoms with van der Waals surface area (Å²) in [7, 11) is 2.17. The van der Waals surface area contributed by atoms with Crippen LogP contribution in [-0.4, -0.2) is 0 Å². The van der Waals surface area contributed by atoms with Crippen LogP contribution in [0.5, 0.6) is 0 Å². The van der Waals surface area contributed by atoms with Crippen molar-refractivity contribution in [2.45, 2.75) is 73.1 Å². The van der Waals surface area contributed by atoms with Crippen molar-refractivity contribution in [1.82, 2.24) is 0 Å². The van der Waals surface area contributed by atoms with Crippen molar-refractivity contribution in [2.75, 3.05) is 0 Å². The number of aryl methyl sites for hydroxylation is 2. The second-order valence-corrected chi connectivity index (χ2v) is 10.9. The Hall–Kier alpha value is -2.93. The first-order valence-electron chi connectivity index (χ1n) is 12.8. The maximum Gasteiger partial charge on any atom is 0.220 e. The molecule has 1 heteroatoms. The van der Waals surface area contributed by atoms with Crippen molar-refractivity contribution in [1.29, 1.82) is 0 Å². The summed E-state index contributed by atoms with van der Waals surface area (Å²) in [5.41, 5.74) is 12.5. The summed E-state index contributed by atoms with van der Waals surface area (Å²) in [6.45, 7) is 18.5. The van der Waals surface area contributed by atoms with Crippen molar-refractivity contribution in [3.05, 3.63) is 88.6 Å². The van der Waals surface area contributed by atoms with Gasteiger partial charge in [-0.15, -0.1) is 0 Å². The SMILES string of the molecule is Cc1cc(-c2c(C(C)C)cc(C(C)C)cc2C(C)C)cc(-c2c3ccccc3cc[n+]2C)c1C. The average Bonchev–Trinajstić information content (AvgIpc) is 2.80. The van der Waals surface area contributed by atoms with Gasteiger partial charge in [-0.05, 0) is 88.1 Å². The van der Waals surface area contributed by atoms with E-state index >= 15 is 0 Å². The van der Waals surface area contributed by atoms with Crippen molar-refractivity contribution >= 4 is 10.8 Å². The number of aromatic nitrogens is 1. The fraction of sp³-hybridized carbons (Fsp3) is 0.364. The van der Waals surface area contributed by atoms with E-state index in [-0.39, 0.29) is 0 Å². The quantitative estimate of drug-likeness (QED) is 0.267. The minimum atomic E-state index is 0.463. The third-order valence-corrected chi connectivity index (χ3v) is 7.39. The Balaban J connectivity index is 2.08. The van der Waals surface area contributed by atoms with E-state index in [9.17, 15) is 0 Å². The van der Waals surface area contributed by atoms with Crippen LogP contribution >= 0.6 is 0 Å². The highest BCUT2D eigenvalue weighted by Gasteiger charge is 2.23. The maximum atomic E-state index is 2.46. The Labute approximate surface area is 206 Å². The zero-order valence-corrected chi connectivity index (χ0v) is 22.5. The van der Waals surface area contributed by atoms with E-state index in [1.165, 1.54) is 61.0 Å². The lowest BCUT2D eigenvalue weighted by Crippen LogP contribution is -2.30. The number of rotatable bonds is 5. The molecule has 3 aromatic carbocycles. The van der Waals surface area contributed by atoms with Gasteiger partial charge in [0.25, 0.3) is 0 Å². The van der Waals surface area contributed by atoms with Gasteiger partial charge in [0.2, 0.25) is 5.69 Å². The summed E-state index contributed by atoms with van der Waals surface area (Å²) in [5.74, 6) is 1.45. The molecule has 0 spiro atoms. The van der Waals surface area contributed by atoms with Crippen molar-refractivity contribution in [3.63, 3.8) is 0 Å². The topological polar surface area (TPSA) is 3.88 Å². The molecule has 0 saturated heterocycles. The summed E-state index contributed by atoms with van der Waals surface area (Å²) < 4.78 is 2.28. The summed E-state index contributed by atoms with van der Waals surface area (Å²) in [5, 5.41) is 2.58. The van der Waals surface area contributed by atoms with E-state index in [1.54, 1.807) is 0 Å². The summed E-state index contributed by atoms with van der Waals surface area (Å²) in [4.78, 5) is 0. The molecule has 0 aliphatic heterocycles. The van der Waals surface area contributed by atoms with Gasteiger partial charge in [0.05, 0.1) is 10.9 Å². The van der Waals surface area contributed by atoms with Crippen LogP contribution in [0, 0.1) is 13.8 Å². The highest BCUT2D eigenvalue weighted by atomic mass is 14.9. The standard InChI is InChI=1S/C33H40N/c1-20(2)26-17-29(21(3)4)32(30(18-26)22(5)6)27-16-23(7)24(8)31(19-27)33-28-13-11-10-12-25(28)14-15-34(33)9/h10-22H,1-9H3/q+1. The van der Waals surface area contributed by atoms with Crippen LogP contribution in [0.1, 0.15) is 87.1 Å². The predicted octanol–water partition coefficient (Wildman–Crippen LogP) is 8.99. The normalized spacial score (nSPS) is 11.9. The Bertz CT molecular complexity index is 1330. The molecule has 0 atom stereocenters. The number of pyridine rings is 1. The molecule has 4 rings (SSSR count). The number of nitrogens with zero attached hydrogens (tertiary/aromatic N) is 1. The third kappa shape index (κ3) is 4.29. The highest BCUT2D eigenvalue weighted by molar-refractivity contribution is 5.94. The Kier molecular flexibility index (Phi) is 6.67. The van der Waals surface area contributed by atoms with Crippen molar-refractivity contribution < 1.29 is 4.57 Å². The molecule has 0 saturated carbocycles. The highest BCUT2D eigenvalue weighted by Crippen LogP contribution is 2.41. The molecule has 0 bridgehead atoms. The minimum Gasteiger partial charge on any atom is -0.200 e. The van der Waals surface area contributed by atoms with Crippen molar-refractivity contribution in [3.8, 4) is 22.4 Å². The molecule has 0 aliphatic rings. The average molecular weight is 451 g/mol. The van der Waals surface area contributed by atoms with Crippen LogP contribution < -0.4 is 4.57 Å². The lowest BCUT2D eigenvalue weighted by molar-refractivity contribution is -0.659. The zero-order valence-electron chi connectivity index (χ0n) is 22.5.